The summed E-state index contributed by atoms with van der Waals surface area (Å²) in [6, 6.07) is 10.3. The second kappa shape index (κ2) is 8.69. The van der Waals surface area contributed by atoms with Crippen LogP contribution in [0.15, 0.2) is 36.4 Å². The van der Waals surface area contributed by atoms with Gasteiger partial charge in [0.15, 0.2) is 5.13 Å². The Labute approximate surface area is 182 Å². The molecule has 1 aromatic heterocycles. The third-order valence-electron chi connectivity index (χ3n) is 4.99. The van der Waals surface area contributed by atoms with E-state index in [1.54, 1.807) is 24.3 Å². The van der Waals surface area contributed by atoms with Crippen LogP contribution in [0, 0.1) is 0 Å². The molecule has 1 heterocycles. The third kappa shape index (κ3) is 4.71. The maximum atomic E-state index is 12.6. The number of rotatable bonds is 4. The van der Waals surface area contributed by atoms with E-state index >= 15 is 0 Å². The molecule has 2 amide bonds. The summed E-state index contributed by atoms with van der Waals surface area (Å²) in [6.45, 7) is 0. The maximum absolute atomic E-state index is 12.6. The lowest BCUT2D eigenvalue weighted by Crippen LogP contribution is -2.36. The summed E-state index contributed by atoms with van der Waals surface area (Å²) in [5, 5.41) is 7.07. The second-order valence-corrected chi connectivity index (χ2v) is 8.96. The summed E-state index contributed by atoms with van der Waals surface area (Å²) in [5.41, 5.74) is 1.65. The lowest BCUT2D eigenvalue weighted by Gasteiger charge is -2.22. The fourth-order valence-corrected chi connectivity index (χ4v) is 4.87. The maximum Gasteiger partial charge on any atom is 0.258 e. The Morgan fingerprint density at radius 2 is 1.79 bits per heavy atom. The fourth-order valence-electron chi connectivity index (χ4n) is 3.47. The number of nitrogens with zero attached hydrogens (tertiary/aromatic N) is 1. The number of aromatic nitrogens is 1. The summed E-state index contributed by atoms with van der Waals surface area (Å²) in [4.78, 5) is 29.5. The summed E-state index contributed by atoms with van der Waals surface area (Å²) < 4.78 is 0.832. The molecule has 0 atom stereocenters. The number of halogens is 2. The molecule has 8 heteroatoms. The van der Waals surface area contributed by atoms with Gasteiger partial charge in [-0.15, -0.1) is 0 Å². The van der Waals surface area contributed by atoms with Gasteiger partial charge < -0.3 is 5.32 Å². The van der Waals surface area contributed by atoms with Crippen LogP contribution in [0.4, 0.5) is 5.13 Å². The Balaban J connectivity index is 1.49. The van der Waals surface area contributed by atoms with Gasteiger partial charge in [-0.3, -0.25) is 14.9 Å². The van der Waals surface area contributed by atoms with Crippen LogP contribution >= 0.6 is 34.5 Å². The quantitative estimate of drug-likeness (QED) is 0.521. The molecule has 2 aromatic carbocycles. The van der Waals surface area contributed by atoms with Crippen LogP contribution in [-0.2, 0) is 0 Å². The SMILES string of the molecule is O=C(NC1CCCCC1)c1ccc2nc(NC(=O)c3ccc(Cl)cc3Cl)sc2c1. The van der Waals surface area contributed by atoms with Crippen LogP contribution in [0.3, 0.4) is 0 Å². The van der Waals surface area contributed by atoms with E-state index in [9.17, 15) is 9.59 Å². The van der Waals surface area contributed by atoms with E-state index < -0.39 is 0 Å². The number of hydrogen-bond donors (Lipinski definition) is 2. The van der Waals surface area contributed by atoms with Gasteiger partial charge in [0.25, 0.3) is 11.8 Å². The van der Waals surface area contributed by atoms with Gasteiger partial charge in [-0.25, -0.2) is 4.98 Å². The summed E-state index contributed by atoms with van der Waals surface area (Å²) in [7, 11) is 0. The van der Waals surface area contributed by atoms with Gasteiger partial charge in [-0.2, -0.15) is 0 Å². The van der Waals surface area contributed by atoms with Crippen molar-refractivity contribution >= 4 is 61.7 Å². The number of hydrogen-bond acceptors (Lipinski definition) is 4. The molecule has 1 saturated carbocycles. The van der Waals surface area contributed by atoms with Crippen molar-refractivity contribution in [1.29, 1.82) is 0 Å². The molecular weight excluding hydrogens is 429 g/mol. The van der Waals surface area contributed by atoms with Gasteiger partial charge in [0, 0.05) is 16.6 Å². The van der Waals surface area contributed by atoms with Crippen molar-refractivity contribution in [2.24, 2.45) is 0 Å². The van der Waals surface area contributed by atoms with Crippen LogP contribution in [0.25, 0.3) is 10.2 Å². The van der Waals surface area contributed by atoms with Gasteiger partial charge in [0.05, 0.1) is 20.8 Å². The van der Waals surface area contributed by atoms with Crippen molar-refractivity contribution in [2.75, 3.05) is 5.32 Å². The first-order valence-electron chi connectivity index (χ1n) is 9.47. The largest absolute Gasteiger partial charge is 0.349 e. The standard InChI is InChI=1S/C21H19Cl2N3O2S/c22-13-7-8-15(16(23)11-13)20(28)26-21-25-17-9-6-12(10-18(17)29-21)19(27)24-14-4-2-1-3-5-14/h6-11,14H,1-5H2,(H,24,27)(H,25,26,28). The van der Waals surface area contributed by atoms with Crippen molar-refractivity contribution in [3.63, 3.8) is 0 Å². The number of amides is 2. The Kier molecular flexibility index (Phi) is 6.04. The zero-order chi connectivity index (χ0) is 20.4. The van der Waals surface area contributed by atoms with E-state index in [1.165, 1.54) is 36.7 Å². The Bertz CT molecular complexity index is 1080. The number of anilines is 1. The molecule has 150 valence electrons. The molecule has 0 radical (unpaired) electrons. The van der Waals surface area contributed by atoms with Crippen molar-refractivity contribution in [3.05, 3.63) is 57.6 Å². The van der Waals surface area contributed by atoms with Crippen LogP contribution in [-0.4, -0.2) is 22.8 Å². The van der Waals surface area contributed by atoms with Crippen molar-refractivity contribution in [2.45, 2.75) is 38.1 Å². The lowest BCUT2D eigenvalue weighted by molar-refractivity contribution is 0.0927. The number of carbonyl (C=O) groups excluding carboxylic acids is 2. The second-order valence-electron chi connectivity index (χ2n) is 7.09. The molecule has 1 aliphatic rings. The number of carbonyl (C=O) groups is 2. The minimum atomic E-state index is -0.360. The third-order valence-corrected chi connectivity index (χ3v) is 6.47. The van der Waals surface area contributed by atoms with Crippen molar-refractivity contribution in [3.8, 4) is 0 Å². The first-order chi connectivity index (χ1) is 14.0. The molecule has 3 aromatic rings. The minimum absolute atomic E-state index is 0.0641. The Morgan fingerprint density at radius 3 is 2.55 bits per heavy atom. The highest BCUT2D eigenvalue weighted by molar-refractivity contribution is 7.22. The summed E-state index contributed by atoms with van der Waals surface area (Å²) in [6.07, 6.45) is 5.66. The molecular formula is C21H19Cl2N3O2S. The summed E-state index contributed by atoms with van der Waals surface area (Å²) in [5.74, 6) is -0.424. The van der Waals surface area contributed by atoms with Crippen LogP contribution in [0.2, 0.25) is 10.0 Å². The van der Waals surface area contributed by atoms with E-state index in [1.807, 2.05) is 6.07 Å². The average Bonchev–Trinajstić information content (AvgIpc) is 3.09. The van der Waals surface area contributed by atoms with E-state index in [2.05, 4.69) is 15.6 Å². The molecule has 5 nitrogen and oxygen atoms in total. The van der Waals surface area contributed by atoms with Crippen LogP contribution in [0.5, 0.6) is 0 Å². The molecule has 1 aliphatic carbocycles. The predicted octanol–water partition coefficient (Wildman–Crippen LogP) is 5.92. The average molecular weight is 448 g/mol. The zero-order valence-electron chi connectivity index (χ0n) is 15.5. The van der Waals surface area contributed by atoms with Gasteiger partial charge in [-0.05, 0) is 49.2 Å². The smallest absolute Gasteiger partial charge is 0.258 e. The van der Waals surface area contributed by atoms with Gasteiger partial charge in [0.2, 0.25) is 0 Å². The highest BCUT2D eigenvalue weighted by Crippen LogP contribution is 2.29. The predicted molar refractivity (Wildman–Crippen MR) is 118 cm³/mol. The molecule has 4 rings (SSSR count). The molecule has 1 fully saturated rings. The lowest BCUT2D eigenvalue weighted by atomic mass is 9.95. The Morgan fingerprint density at radius 1 is 1.00 bits per heavy atom. The minimum Gasteiger partial charge on any atom is -0.349 e. The first-order valence-corrected chi connectivity index (χ1v) is 11.0. The van der Waals surface area contributed by atoms with E-state index in [0.717, 1.165) is 23.1 Å². The monoisotopic (exact) mass is 447 g/mol. The van der Waals surface area contributed by atoms with Crippen molar-refractivity contribution < 1.29 is 9.59 Å². The van der Waals surface area contributed by atoms with Crippen LogP contribution < -0.4 is 10.6 Å². The molecule has 29 heavy (non-hydrogen) atoms. The van der Waals surface area contributed by atoms with Gasteiger partial charge >= 0.3 is 0 Å². The summed E-state index contributed by atoms with van der Waals surface area (Å²) >= 11 is 13.3. The molecule has 0 aliphatic heterocycles. The molecule has 0 unspecified atom stereocenters. The first kappa shape index (κ1) is 20.1. The molecule has 2 N–H and O–H groups in total. The van der Waals surface area contributed by atoms with Gasteiger partial charge in [0.1, 0.15) is 0 Å². The van der Waals surface area contributed by atoms with E-state index in [4.69, 9.17) is 23.2 Å². The molecule has 0 bridgehead atoms. The van der Waals surface area contributed by atoms with Gasteiger partial charge in [-0.1, -0.05) is 53.8 Å². The number of thiazole rings is 1. The molecule has 0 saturated heterocycles. The highest BCUT2D eigenvalue weighted by Gasteiger charge is 2.18. The number of fused-ring (bicyclic) bond motifs is 1. The zero-order valence-corrected chi connectivity index (χ0v) is 17.8. The van der Waals surface area contributed by atoms with E-state index in [-0.39, 0.29) is 22.9 Å². The number of benzene rings is 2. The Hall–Kier alpha value is -2.15. The normalized spacial score (nSPS) is 14.7. The van der Waals surface area contributed by atoms with E-state index in [0.29, 0.717) is 21.3 Å². The fraction of sp³-hybridized carbons (Fsp3) is 0.286. The van der Waals surface area contributed by atoms with Crippen LogP contribution in [0.1, 0.15) is 52.8 Å². The highest BCUT2D eigenvalue weighted by atomic mass is 35.5. The molecule has 0 spiro atoms. The van der Waals surface area contributed by atoms with Crippen molar-refractivity contribution in [1.82, 2.24) is 10.3 Å². The number of nitrogens with one attached hydrogen (secondary N) is 2. The topological polar surface area (TPSA) is 71.1 Å².